The summed E-state index contributed by atoms with van der Waals surface area (Å²) in [7, 11) is 0. The molecule has 9 heteroatoms. The summed E-state index contributed by atoms with van der Waals surface area (Å²) in [6.07, 6.45) is 18.2. The molecular weight excluding hydrogens is 693 g/mol. The lowest BCUT2D eigenvalue weighted by Crippen LogP contribution is -2.46. The Morgan fingerprint density at radius 2 is 1.43 bits per heavy atom. The van der Waals surface area contributed by atoms with Gasteiger partial charge in [0.15, 0.2) is 0 Å². The van der Waals surface area contributed by atoms with Crippen LogP contribution in [0.1, 0.15) is 117 Å². The molecule has 8 nitrogen and oxygen atoms in total. The first-order chi connectivity index (χ1) is 26.6. The quantitative estimate of drug-likeness (QED) is 0.0479. The fraction of sp³-hybridized carbons (Fsp3) is 0.622. The molecule has 0 saturated carbocycles. The van der Waals surface area contributed by atoms with E-state index in [-0.39, 0.29) is 12.3 Å². The van der Waals surface area contributed by atoms with E-state index >= 15 is 0 Å². The molecule has 3 heterocycles. The Kier molecular flexibility index (Phi) is 18.6. The Hall–Kier alpha value is -2.95. The van der Waals surface area contributed by atoms with E-state index in [2.05, 4.69) is 58.2 Å². The first-order valence-corrected chi connectivity index (χ1v) is 22.2. The van der Waals surface area contributed by atoms with E-state index in [0.29, 0.717) is 6.61 Å². The highest BCUT2D eigenvalue weighted by atomic mass is 32.1. The van der Waals surface area contributed by atoms with Crippen molar-refractivity contribution in [3.63, 3.8) is 0 Å². The van der Waals surface area contributed by atoms with Crippen LogP contribution < -0.4 is 15.2 Å². The number of hydrogen-bond donors (Lipinski definition) is 1. The average molecular weight is 761 g/mol. The summed E-state index contributed by atoms with van der Waals surface area (Å²) >= 11 is 1.81. The molecule has 1 N–H and O–H groups in total. The van der Waals surface area contributed by atoms with Crippen LogP contribution in [0, 0.1) is 0 Å². The molecule has 0 amide bonds. The number of aromatic nitrogens is 1. The van der Waals surface area contributed by atoms with E-state index < -0.39 is 6.41 Å². The van der Waals surface area contributed by atoms with Crippen molar-refractivity contribution in [1.82, 2.24) is 14.4 Å². The summed E-state index contributed by atoms with van der Waals surface area (Å²) in [6.45, 7) is 12.1. The van der Waals surface area contributed by atoms with Gasteiger partial charge in [-0.2, -0.15) is 0 Å². The van der Waals surface area contributed by atoms with Crippen molar-refractivity contribution in [2.24, 2.45) is 0 Å². The van der Waals surface area contributed by atoms with Crippen LogP contribution in [-0.4, -0.2) is 78.3 Å². The van der Waals surface area contributed by atoms with Crippen molar-refractivity contribution in [3.8, 4) is 5.75 Å². The minimum absolute atomic E-state index is 0.0129. The summed E-state index contributed by atoms with van der Waals surface area (Å²) in [6, 6.07) is 18.2. The lowest BCUT2D eigenvalue weighted by molar-refractivity contribution is -0.211. The summed E-state index contributed by atoms with van der Waals surface area (Å²) in [5, 5.41) is 15.8. The molecule has 1 atom stereocenters. The molecule has 5 rings (SSSR count). The fourth-order valence-corrected chi connectivity index (χ4v) is 8.52. The molecule has 1 aliphatic heterocycles. The molecule has 0 radical (unpaired) electrons. The molecule has 1 unspecified atom stereocenters. The zero-order chi connectivity index (χ0) is 37.8. The Balaban J connectivity index is 1.07. The zero-order valence-corrected chi connectivity index (χ0v) is 34.2. The monoisotopic (exact) mass is 760 g/mol. The Morgan fingerprint density at radius 1 is 0.759 bits per heavy atom. The summed E-state index contributed by atoms with van der Waals surface area (Å²) in [5.74, 6) is 0.748. The second-order valence-electron chi connectivity index (χ2n) is 15.2. The lowest BCUT2D eigenvalue weighted by Gasteiger charge is -2.36. The molecule has 2 aromatic heterocycles. The Bertz CT molecular complexity index is 1670. The third-order valence-corrected chi connectivity index (χ3v) is 11.9. The molecule has 0 aliphatic carbocycles. The number of pyridine rings is 1. The van der Waals surface area contributed by atoms with Crippen molar-refractivity contribution in [1.29, 1.82) is 0 Å². The standard InChI is InChI=1S/C45H68N4O4S/c1-3-5-7-9-11-13-15-28-48(29-16-14-12-10-8-6-4-2)45(51)53-37-49-42-36-39(24-22-38(42)23-25-44(49)50)52-34-18-17-27-46-30-32-47(33-31-46)41-20-19-21-43-40(41)26-35-54-43/h19-26,35-36,45,51H,3-18,27-34,37H2,1-2H3. The Labute approximate surface area is 329 Å². The maximum atomic E-state index is 13.1. The van der Waals surface area contributed by atoms with Crippen molar-refractivity contribution in [2.45, 2.75) is 130 Å². The molecule has 0 bridgehead atoms. The number of aliphatic hydroxyl groups is 1. The van der Waals surface area contributed by atoms with E-state index in [0.717, 1.165) is 88.1 Å². The number of nitrogens with zero attached hydrogens (tertiary/aromatic N) is 4. The molecule has 2 aromatic carbocycles. The summed E-state index contributed by atoms with van der Waals surface area (Å²) in [5.41, 5.74) is 1.98. The normalized spacial score (nSPS) is 14.5. The first-order valence-electron chi connectivity index (χ1n) is 21.3. The number of aliphatic hydroxyl groups excluding tert-OH is 1. The van der Waals surface area contributed by atoms with Crippen molar-refractivity contribution < 1.29 is 14.6 Å². The second-order valence-corrected chi connectivity index (χ2v) is 16.2. The van der Waals surface area contributed by atoms with Gasteiger partial charge in [-0.05, 0) is 79.4 Å². The molecule has 4 aromatic rings. The predicted octanol–water partition coefficient (Wildman–Crippen LogP) is 10.3. The number of rotatable bonds is 27. The third kappa shape index (κ3) is 13.4. The van der Waals surface area contributed by atoms with E-state index in [1.807, 2.05) is 35.6 Å². The van der Waals surface area contributed by atoms with Gasteiger partial charge in [0.25, 0.3) is 5.56 Å². The maximum absolute atomic E-state index is 13.1. The van der Waals surface area contributed by atoms with Crippen LogP contribution in [0.25, 0.3) is 21.0 Å². The van der Waals surface area contributed by atoms with Gasteiger partial charge < -0.3 is 19.5 Å². The molecule has 0 spiro atoms. The highest BCUT2D eigenvalue weighted by Crippen LogP contribution is 2.31. The summed E-state index contributed by atoms with van der Waals surface area (Å²) in [4.78, 5) is 20.3. The van der Waals surface area contributed by atoms with Gasteiger partial charge in [-0.15, -0.1) is 11.3 Å². The largest absolute Gasteiger partial charge is 0.494 e. The number of ether oxygens (including phenoxy) is 2. The van der Waals surface area contributed by atoms with Crippen molar-refractivity contribution >= 4 is 38.0 Å². The highest BCUT2D eigenvalue weighted by Gasteiger charge is 2.19. The van der Waals surface area contributed by atoms with Crippen LogP contribution in [-0.2, 0) is 11.5 Å². The fourth-order valence-electron chi connectivity index (χ4n) is 7.71. The van der Waals surface area contributed by atoms with Crippen molar-refractivity contribution in [2.75, 3.05) is 57.3 Å². The average Bonchev–Trinajstić information content (AvgIpc) is 3.68. The number of anilines is 1. The Morgan fingerprint density at radius 3 is 2.13 bits per heavy atom. The molecule has 54 heavy (non-hydrogen) atoms. The van der Waals surface area contributed by atoms with Gasteiger partial charge in [-0.3, -0.25) is 19.2 Å². The highest BCUT2D eigenvalue weighted by molar-refractivity contribution is 7.17. The van der Waals surface area contributed by atoms with Crippen LogP contribution in [0.5, 0.6) is 5.75 Å². The number of hydrogen-bond acceptors (Lipinski definition) is 8. The molecular formula is C45H68N4O4S. The number of thiophene rings is 1. The SMILES string of the molecule is CCCCCCCCCN(CCCCCCCCC)C(O)OCn1c(=O)ccc2ccc(OCCCCN3CCN(c4cccc5sccc45)CC3)cc21. The van der Waals surface area contributed by atoms with Gasteiger partial charge >= 0.3 is 0 Å². The topological polar surface area (TPSA) is 70.4 Å². The van der Waals surface area contributed by atoms with Crippen LogP contribution in [0.15, 0.2) is 64.8 Å². The van der Waals surface area contributed by atoms with Crippen LogP contribution in [0.4, 0.5) is 5.69 Å². The van der Waals surface area contributed by atoms with E-state index in [1.165, 1.54) is 92.8 Å². The van der Waals surface area contributed by atoms with Crippen molar-refractivity contribution in [3.05, 3.63) is 70.3 Å². The lowest BCUT2D eigenvalue weighted by atomic mass is 10.1. The summed E-state index contributed by atoms with van der Waals surface area (Å²) < 4.78 is 15.2. The number of piperazine rings is 1. The number of benzene rings is 2. The van der Waals surface area contributed by atoms with Gasteiger partial charge in [-0.25, -0.2) is 0 Å². The van der Waals surface area contributed by atoms with Gasteiger partial charge in [0, 0.05) is 67.2 Å². The van der Waals surface area contributed by atoms with Gasteiger partial charge in [-0.1, -0.05) is 97.0 Å². The predicted molar refractivity (Wildman–Crippen MR) is 228 cm³/mol. The minimum Gasteiger partial charge on any atom is -0.494 e. The molecule has 298 valence electrons. The van der Waals surface area contributed by atoms with Gasteiger partial charge in [0.2, 0.25) is 6.41 Å². The van der Waals surface area contributed by atoms with Crippen LogP contribution in [0.2, 0.25) is 0 Å². The third-order valence-electron chi connectivity index (χ3n) is 11.1. The first kappa shape index (κ1) is 42.2. The zero-order valence-electron chi connectivity index (χ0n) is 33.4. The number of unbranched alkanes of at least 4 members (excludes halogenated alkanes) is 13. The van der Waals surface area contributed by atoms with E-state index in [1.54, 1.807) is 10.6 Å². The maximum Gasteiger partial charge on any atom is 0.252 e. The van der Waals surface area contributed by atoms with Crippen LogP contribution >= 0.6 is 11.3 Å². The molecule has 1 fully saturated rings. The van der Waals surface area contributed by atoms with E-state index in [9.17, 15) is 9.90 Å². The molecule has 1 aliphatic rings. The minimum atomic E-state index is -1.05. The van der Waals surface area contributed by atoms with Gasteiger partial charge in [0.05, 0.1) is 12.1 Å². The van der Waals surface area contributed by atoms with E-state index in [4.69, 9.17) is 9.47 Å². The van der Waals surface area contributed by atoms with Crippen LogP contribution in [0.3, 0.4) is 0 Å². The smallest absolute Gasteiger partial charge is 0.252 e. The molecule has 1 saturated heterocycles. The van der Waals surface area contributed by atoms with Gasteiger partial charge in [0.1, 0.15) is 12.5 Å². The number of fused-ring (bicyclic) bond motifs is 2. The second kappa shape index (κ2) is 23.9.